The lowest BCUT2D eigenvalue weighted by atomic mass is 10.3. The molecule has 0 atom stereocenters. The van der Waals surface area contributed by atoms with Crippen LogP contribution in [-0.4, -0.2) is 15.7 Å². The van der Waals surface area contributed by atoms with E-state index in [1.807, 2.05) is 5.43 Å². The fraction of sp³-hybridized carbons (Fsp3) is 0.0909. The second-order valence-corrected chi connectivity index (χ2v) is 4.53. The van der Waals surface area contributed by atoms with E-state index in [-0.39, 0.29) is 28.2 Å². The van der Waals surface area contributed by atoms with E-state index in [0.717, 1.165) is 6.07 Å². The molecule has 0 bridgehead atoms. The van der Waals surface area contributed by atoms with Gasteiger partial charge in [0.25, 0.3) is 5.91 Å². The Morgan fingerprint density at radius 3 is 2.90 bits per heavy atom. The quantitative estimate of drug-likeness (QED) is 0.513. The number of aromatic nitrogens is 2. The van der Waals surface area contributed by atoms with Gasteiger partial charge in [-0.3, -0.25) is 10.2 Å². The lowest BCUT2D eigenvalue weighted by Gasteiger charge is -2.07. The maximum absolute atomic E-state index is 13.5. The molecular formula is C11H9Cl2FN4O2. The molecule has 1 amide bonds. The van der Waals surface area contributed by atoms with Crippen molar-refractivity contribution in [2.24, 2.45) is 5.84 Å². The Morgan fingerprint density at radius 2 is 2.25 bits per heavy atom. The summed E-state index contributed by atoms with van der Waals surface area (Å²) in [5.74, 6) is 3.75. The molecule has 0 spiro atoms. The van der Waals surface area contributed by atoms with E-state index >= 15 is 0 Å². The Kier molecular flexibility index (Phi) is 4.43. The molecule has 0 saturated carbocycles. The first kappa shape index (κ1) is 14.6. The monoisotopic (exact) mass is 318 g/mol. The number of benzene rings is 1. The van der Waals surface area contributed by atoms with Gasteiger partial charge in [0.05, 0.1) is 5.02 Å². The zero-order valence-electron chi connectivity index (χ0n) is 9.94. The number of halogens is 3. The first-order chi connectivity index (χ1) is 9.51. The third kappa shape index (κ3) is 3.19. The summed E-state index contributed by atoms with van der Waals surface area (Å²) >= 11 is 11.4. The highest BCUT2D eigenvalue weighted by Gasteiger charge is 2.14. The van der Waals surface area contributed by atoms with Crippen LogP contribution in [0.25, 0.3) is 0 Å². The minimum absolute atomic E-state index is 0.00542. The lowest BCUT2D eigenvalue weighted by Crippen LogP contribution is -2.30. The van der Waals surface area contributed by atoms with Crippen molar-refractivity contribution in [1.82, 2.24) is 15.2 Å². The Labute approximate surface area is 123 Å². The number of nitrogens with one attached hydrogen (secondary N) is 1. The summed E-state index contributed by atoms with van der Waals surface area (Å²) in [5, 5.41) is 4.23. The first-order valence-electron chi connectivity index (χ1n) is 5.33. The van der Waals surface area contributed by atoms with E-state index in [2.05, 4.69) is 5.10 Å². The number of hydrogen-bond donors (Lipinski definition) is 2. The summed E-state index contributed by atoms with van der Waals surface area (Å²) in [5.41, 5.74) is 1.86. The molecule has 20 heavy (non-hydrogen) atoms. The third-order valence-electron chi connectivity index (χ3n) is 2.31. The van der Waals surface area contributed by atoms with Crippen LogP contribution in [0.2, 0.25) is 10.0 Å². The summed E-state index contributed by atoms with van der Waals surface area (Å²) in [6.07, 6.45) is 1.36. The molecule has 1 aromatic carbocycles. The van der Waals surface area contributed by atoms with E-state index in [9.17, 15) is 9.18 Å². The molecule has 0 fully saturated rings. The van der Waals surface area contributed by atoms with Gasteiger partial charge < -0.3 is 4.74 Å². The smallest absolute Gasteiger partial charge is 0.287 e. The van der Waals surface area contributed by atoms with Gasteiger partial charge in [-0.1, -0.05) is 23.2 Å². The molecule has 1 aromatic heterocycles. The summed E-state index contributed by atoms with van der Waals surface area (Å²) in [7, 11) is 0. The number of carbonyl (C=O) groups excluding carboxylic acids is 1. The number of hydrazine groups is 1. The van der Waals surface area contributed by atoms with Crippen molar-refractivity contribution in [3.8, 4) is 5.75 Å². The summed E-state index contributed by atoms with van der Waals surface area (Å²) in [6.45, 7) is -0.129. The molecule has 6 nitrogen and oxygen atoms in total. The van der Waals surface area contributed by atoms with Gasteiger partial charge in [0, 0.05) is 11.2 Å². The minimum Gasteiger partial charge on any atom is -0.468 e. The van der Waals surface area contributed by atoms with Gasteiger partial charge in [0.1, 0.15) is 0 Å². The largest absolute Gasteiger partial charge is 0.468 e. The maximum atomic E-state index is 13.5. The van der Waals surface area contributed by atoms with Gasteiger partial charge in [-0.05, 0) is 18.2 Å². The molecule has 0 unspecified atom stereocenters. The number of nitrogens with two attached hydrogens (primary N) is 1. The van der Waals surface area contributed by atoms with E-state index in [0.29, 0.717) is 0 Å². The van der Waals surface area contributed by atoms with Gasteiger partial charge >= 0.3 is 0 Å². The van der Waals surface area contributed by atoms with Crippen molar-refractivity contribution >= 4 is 29.1 Å². The van der Waals surface area contributed by atoms with Gasteiger partial charge in [0.2, 0.25) is 0 Å². The third-order valence-corrected chi connectivity index (χ3v) is 2.82. The van der Waals surface area contributed by atoms with Crippen LogP contribution in [0.1, 0.15) is 10.5 Å². The molecule has 0 aliphatic heterocycles. The molecule has 0 aliphatic carbocycles. The summed E-state index contributed by atoms with van der Waals surface area (Å²) < 4.78 is 19.9. The number of ether oxygens (including phenoxy) is 1. The lowest BCUT2D eigenvalue weighted by molar-refractivity contribution is 0.0946. The number of rotatable bonds is 4. The fourth-order valence-corrected chi connectivity index (χ4v) is 1.81. The normalized spacial score (nSPS) is 10.4. The molecule has 106 valence electrons. The molecule has 9 heteroatoms. The maximum Gasteiger partial charge on any atom is 0.287 e. The van der Waals surface area contributed by atoms with Crippen LogP contribution < -0.4 is 16.0 Å². The molecular weight excluding hydrogens is 310 g/mol. The number of amides is 1. The zero-order valence-corrected chi connectivity index (χ0v) is 11.5. The van der Waals surface area contributed by atoms with Crippen LogP contribution in [-0.2, 0) is 6.73 Å². The highest BCUT2D eigenvalue weighted by atomic mass is 35.5. The Hall–Kier alpha value is -1.83. The van der Waals surface area contributed by atoms with Crippen LogP contribution in [0.15, 0.2) is 24.4 Å². The number of nitrogen functional groups attached to an aromatic ring is 1. The molecule has 3 N–H and O–H groups in total. The predicted molar refractivity (Wildman–Crippen MR) is 70.9 cm³/mol. The van der Waals surface area contributed by atoms with Crippen molar-refractivity contribution in [2.45, 2.75) is 6.73 Å². The fourth-order valence-electron chi connectivity index (χ4n) is 1.41. The van der Waals surface area contributed by atoms with Crippen molar-refractivity contribution in [3.63, 3.8) is 0 Å². The van der Waals surface area contributed by atoms with E-state index in [4.69, 9.17) is 33.8 Å². The summed E-state index contributed by atoms with van der Waals surface area (Å²) in [4.78, 5) is 11.3. The predicted octanol–water partition coefficient (Wildman–Crippen LogP) is 1.97. The average Bonchev–Trinajstić information content (AvgIpc) is 2.78. The molecule has 2 rings (SSSR count). The second kappa shape index (κ2) is 6.08. The van der Waals surface area contributed by atoms with Crippen molar-refractivity contribution < 1.29 is 13.9 Å². The van der Waals surface area contributed by atoms with Gasteiger partial charge in [-0.2, -0.15) is 5.10 Å². The second-order valence-electron chi connectivity index (χ2n) is 3.69. The standard InChI is InChI=1S/C11H9Cl2FN4O2/c12-6-1-2-9(8(14)3-6)20-5-18-4-7(13)10(17-18)11(19)16-15/h1-4H,5,15H2,(H,16,19). The highest BCUT2D eigenvalue weighted by Crippen LogP contribution is 2.21. The Morgan fingerprint density at radius 1 is 1.50 bits per heavy atom. The zero-order chi connectivity index (χ0) is 14.7. The van der Waals surface area contributed by atoms with Gasteiger partial charge in [-0.25, -0.2) is 14.9 Å². The molecule has 0 saturated heterocycles. The van der Waals surface area contributed by atoms with E-state index in [1.54, 1.807) is 0 Å². The Bertz CT molecular complexity index is 647. The van der Waals surface area contributed by atoms with Crippen LogP contribution >= 0.6 is 23.2 Å². The number of carbonyl (C=O) groups is 1. The summed E-state index contributed by atoms with van der Waals surface area (Å²) in [6, 6.07) is 4.00. The average molecular weight is 319 g/mol. The van der Waals surface area contributed by atoms with Crippen molar-refractivity contribution in [3.05, 3.63) is 46.0 Å². The van der Waals surface area contributed by atoms with Crippen LogP contribution in [0, 0.1) is 5.82 Å². The SMILES string of the molecule is NNC(=O)c1nn(COc2ccc(Cl)cc2F)cc1Cl. The molecule has 1 heterocycles. The van der Waals surface area contributed by atoms with Crippen LogP contribution in [0.5, 0.6) is 5.75 Å². The molecule has 0 radical (unpaired) electrons. The van der Waals surface area contributed by atoms with E-state index in [1.165, 1.54) is 23.0 Å². The minimum atomic E-state index is -0.633. The first-order valence-corrected chi connectivity index (χ1v) is 6.08. The van der Waals surface area contributed by atoms with Crippen LogP contribution in [0.4, 0.5) is 4.39 Å². The highest BCUT2D eigenvalue weighted by molar-refractivity contribution is 6.33. The van der Waals surface area contributed by atoms with Gasteiger partial charge in [-0.15, -0.1) is 0 Å². The molecule has 0 aliphatic rings. The van der Waals surface area contributed by atoms with Crippen LogP contribution in [0.3, 0.4) is 0 Å². The molecule has 2 aromatic rings. The number of hydrogen-bond acceptors (Lipinski definition) is 4. The van der Waals surface area contributed by atoms with E-state index < -0.39 is 11.7 Å². The van der Waals surface area contributed by atoms with Crippen molar-refractivity contribution in [2.75, 3.05) is 0 Å². The topological polar surface area (TPSA) is 82.2 Å². The van der Waals surface area contributed by atoms with Gasteiger partial charge in [0.15, 0.2) is 24.0 Å². The Balaban J connectivity index is 2.09. The number of nitrogens with zero attached hydrogens (tertiary/aromatic N) is 2. The van der Waals surface area contributed by atoms with Crippen molar-refractivity contribution in [1.29, 1.82) is 0 Å².